The number of amides is 1. The summed E-state index contributed by atoms with van der Waals surface area (Å²) in [5.41, 5.74) is 2.40. The molecule has 25 heavy (non-hydrogen) atoms. The van der Waals surface area contributed by atoms with Crippen LogP contribution in [0.2, 0.25) is 5.02 Å². The molecule has 1 aromatic heterocycles. The smallest absolute Gasteiger partial charge is 0.228 e. The van der Waals surface area contributed by atoms with Crippen molar-refractivity contribution in [3.63, 3.8) is 0 Å². The average molecular weight is 357 g/mol. The van der Waals surface area contributed by atoms with Crippen molar-refractivity contribution in [3.8, 4) is 0 Å². The predicted octanol–water partition coefficient (Wildman–Crippen LogP) is 3.62. The van der Waals surface area contributed by atoms with Crippen molar-refractivity contribution in [1.82, 2.24) is 10.1 Å². The van der Waals surface area contributed by atoms with Gasteiger partial charge in [0.15, 0.2) is 5.58 Å². The van der Waals surface area contributed by atoms with Gasteiger partial charge in [0.25, 0.3) is 0 Å². The van der Waals surface area contributed by atoms with Gasteiger partial charge < -0.3 is 14.2 Å². The van der Waals surface area contributed by atoms with Gasteiger partial charge in [-0.1, -0.05) is 41.0 Å². The number of nitrogens with zero attached hydrogens (tertiary/aromatic N) is 2. The molecule has 0 aliphatic carbocycles. The SMILES string of the molecule is O=C(Cc1noc2ccccc12)N1CCOC(c2ccc(Cl)cc2)C1. The zero-order valence-electron chi connectivity index (χ0n) is 13.5. The Bertz CT molecular complexity index is 891. The van der Waals surface area contributed by atoms with Crippen LogP contribution in [0.4, 0.5) is 0 Å². The molecule has 2 heterocycles. The Balaban J connectivity index is 1.47. The third kappa shape index (κ3) is 3.38. The number of para-hydroxylation sites is 1. The molecule has 0 N–H and O–H groups in total. The summed E-state index contributed by atoms with van der Waals surface area (Å²) in [7, 11) is 0. The number of hydrogen-bond donors (Lipinski definition) is 0. The number of ether oxygens (including phenoxy) is 1. The Morgan fingerprint density at radius 1 is 1.20 bits per heavy atom. The molecular weight excluding hydrogens is 340 g/mol. The third-order valence-electron chi connectivity index (χ3n) is 4.43. The van der Waals surface area contributed by atoms with Crippen LogP contribution in [-0.2, 0) is 16.0 Å². The summed E-state index contributed by atoms with van der Waals surface area (Å²) in [5.74, 6) is 0.0290. The fourth-order valence-corrected chi connectivity index (χ4v) is 3.20. The molecule has 6 heteroatoms. The molecule has 1 saturated heterocycles. The molecule has 1 fully saturated rings. The highest BCUT2D eigenvalue weighted by atomic mass is 35.5. The number of hydrogen-bond acceptors (Lipinski definition) is 4. The highest BCUT2D eigenvalue weighted by Crippen LogP contribution is 2.25. The molecule has 1 atom stereocenters. The second kappa shape index (κ2) is 6.86. The number of carbonyl (C=O) groups excluding carboxylic acids is 1. The van der Waals surface area contributed by atoms with Crippen LogP contribution in [0.15, 0.2) is 53.1 Å². The maximum absolute atomic E-state index is 12.7. The topological polar surface area (TPSA) is 55.6 Å². The highest BCUT2D eigenvalue weighted by molar-refractivity contribution is 6.30. The maximum atomic E-state index is 12.7. The molecule has 1 aliphatic heterocycles. The number of halogens is 1. The minimum absolute atomic E-state index is 0.0290. The number of benzene rings is 2. The van der Waals surface area contributed by atoms with Crippen molar-refractivity contribution in [3.05, 3.63) is 64.8 Å². The second-order valence-corrected chi connectivity index (χ2v) is 6.49. The third-order valence-corrected chi connectivity index (χ3v) is 4.68. The van der Waals surface area contributed by atoms with Crippen molar-refractivity contribution in [1.29, 1.82) is 0 Å². The van der Waals surface area contributed by atoms with Crippen LogP contribution in [0.1, 0.15) is 17.4 Å². The zero-order valence-corrected chi connectivity index (χ0v) is 14.3. The number of morpholine rings is 1. The van der Waals surface area contributed by atoms with Crippen LogP contribution in [-0.4, -0.2) is 35.7 Å². The molecule has 1 unspecified atom stereocenters. The van der Waals surface area contributed by atoms with E-state index in [4.69, 9.17) is 20.9 Å². The number of rotatable bonds is 3. The lowest BCUT2D eigenvalue weighted by Crippen LogP contribution is -2.43. The van der Waals surface area contributed by atoms with E-state index in [0.717, 1.165) is 10.9 Å². The van der Waals surface area contributed by atoms with Crippen LogP contribution in [0.25, 0.3) is 11.0 Å². The summed E-state index contributed by atoms with van der Waals surface area (Å²) in [6, 6.07) is 15.1. The van der Waals surface area contributed by atoms with Gasteiger partial charge in [0, 0.05) is 17.0 Å². The Morgan fingerprint density at radius 2 is 2.00 bits per heavy atom. The minimum atomic E-state index is -0.135. The van der Waals surface area contributed by atoms with Gasteiger partial charge in [0.2, 0.25) is 5.91 Å². The van der Waals surface area contributed by atoms with E-state index in [1.165, 1.54) is 0 Å². The first-order valence-corrected chi connectivity index (χ1v) is 8.56. The molecule has 1 aliphatic rings. The lowest BCUT2D eigenvalue weighted by molar-refractivity contribution is -0.138. The van der Waals surface area contributed by atoms with Crippen molar-refractivity contribution < 1.29 is 14.1 Å². The Hall–Kier alpha value is -2.37. The molecule has 3 aromatic rings. The van der Waals surface area contributed by atoms with Crippen molar-refractivity contribution >= 4 is 28.5 Å². The first-order valence-electron chi connectivity index (χ1n) is 8.19. The molecule has 128 valence electrons. The zero-order chi connectivity index (χ0) is 17.2. The van der Waals surface area contributed by atoms with Gasteiger partial charge in [-0.05, 0) is 29.8 Å². The van der Waals surface area contributed by atoms with Crippen LogP contribution >= 0.6 is 11.6 Å². The average Bonchev–Trinajstić information content (AvgIpc) is 3.05. The molecule has 1 amide bonds. The lowest BCUT2D eigenvalue weighted by Gasteiger charge is -2.33. The molecule has 2 aromatic carbocycles. The lowest BCUT2D eigenvalue weighted by atomic mass is 10.1. The Morgan fingerprint density at radius 3 is 2.84 bits per heavy atom. The van der Waals surface area contributed by atoms with Crippen LogP contribution in [0.5, 0.6) is 0 Å². The van der Waals surface area contributed by atoms with Crippen LogP contribution in [0, 0.1) is 0 Å². The van der Waals surface area contributed by atoms with Gasteiger partial charge >= 0.3 is 0 Å². The fraction of sp³-hybridized carbons (Fsp3) is 0.263. The van der Waals surface area contributed by atoms with E-state index in [9.17, 15) is 4.79 Å². The van der Waals surface area contributed by atoms with Gasteiger partial charge in [0.05, 0.1) is 19.6 Å². The van der Waals surface area contributed by atoms with E-state index in [-0.39, 0.29) is 18.4 Å². The first-order chi connectivity index (χ1) is 12.2. The van der Waals surface area contributed by atoms with Gasteiger partial charge in [-0.3, -0.25) is 4.79 Å². The highest BCUT2D eigenvalue weighted by Gasteiger charge is 2.26. The van der Waals surface area contributed by atoms with Gasteiger partial charge in [-0.25, -0.2) is 0 Å². The molecule has 4 rings (SSSR count). The number of carbonyl (C=O) groups is 1. The normalized spacial score (nSPS) is 17.8. The molecule has 5 nitrogen and oxygen atoms in total. The van der Waals surface area contributed by atoms with Gasteiger partial charge in [-0.15, -0.1) is 0 Å². The number of fused-ring (bicyclic) bond motifs is 1. The van der Waals surface area contributed by atoms with Crippen molar-refractivity contribution in [2.75, 3.05) is 19.7 Å². The van der Waals surface area contributed by atoms with E-state index in [1.54, 1.807) is 0 Å². The Labute approximate surface area is 150 Å². The maximum Gasteiger partial charge on any atom is 0.228 e. The summed E-state index contributed by atoms with van der Waals surface area (Å²) in [6.45, 7) is 1.62. The minimum Gasteiger partial charge on any atom is -0.370 e. The van der Waals surface area contributed by atoms with Gasteiger partial charge in [-0.2, -0.15) is 0 Å². The summed E-state index contributed by atoms with van der Waals surface area (Å²) >= 11 is 5.94. The molecule has 0 radical (unpaired) electrons. The number of aromatic nitrogens is 1. The standard InChI is InChI=1S/C19H17ClN2O3/c20-14-7-5-13(6-8-14)18-12-22(9-10-24-18)19(23)11-16-15-3-1-2-4-17(15)25-21-16/h1-8,18H,9-12H2. The monoisotopic (exact) mass is 356 g/mol. The van der Waals surface area contributed by atoms with Crippen molar-refractivity contribution in [2.45, 2.75) is 12.5 Å². The molecule has 0 spiro atoms. The van der Waals surface area contributed by atoms with E-state index in [1.807, 2.05) is 53.4 Å². The van der Waals surface area contributed by atoms with E-state index in [0.29, 0.717) is 36.0 Å². The van der Waals surface area contributed by atoms with Gasteiger partial charge in [0.1, 0.15) is 11.8 Å². The molecule has 0 saturated carbocycles. The Kier molecular flexibility index (Phi) is 4.42. The van der Waals surface area contributed by atoms with Crippen molar-refractivity contribution in [2.24, 2.45) is 0 Å². The summed E-state index contributed by atoms with van der Waals surface area (Å²) in [6.07, 6.45) is 0.0914. The molecular formula is C19H17ClN2O3. The van der Waals surface area contributed by atoms with E-state index >= 15 is 0 Å². The summed E-state index contributed by atoms with van der Waals surface area (Å²) in [5, 5.41) is 5.62. The quantitative estimate of drug-likeness (QED) is 0.719. The first kappa shape index (κ1) is 16.1. The molecule has 0 bridgehead atoms. The summed E-state index contributed by atoms with van der Waals surface area (Å²) < 4.78 is 11.1. The fourth-order valence-electron chi connectivity index (χ4n) is 3.08. The second-order valence-electron chi connectivity index (χ2n) is 6.05. The van der Waals surface area contributed by atoms with E-state index in [2.05, 4.69) is 5.16 Å². The largest absolute Gasteiger partial charge is 0.370 e. The predicted molar refractivity (Wildman–Crippen MR) is 94.4 cm³/mol. The van der Waals surface area contributed by atoms with Crippen LogP contribution in [0.3, 0.4) is 0 Å². The van der Waals surface area contributed by atoms with Crippen LogP contribution < -0.4 is 0 Å². The van der Waals surface area contributed by atoms with E-state index < -0.39 is 0 Å². The summed E-state index contributed by atoms with van der Waals surface area (Å²) in [4.78, 5) is 14.5.